The minimum atomic E-state index is -2.29. The summed E-state index contributed by atoms with van der Waals surface area (Å²) in [4.78, 5) is 13.8. The predicted octanol–water partition coefficient (Wildman–Crippen LogP) is 3.04. The fourth-order valence-electron chi connectivity index (χ4n) is 3.01. The molecule has 2 rings (SSSR count). The van der Waals surface area contributed by atoms with E-state index in [0.717, 1.165) is 25.7 Å². The summed E-state index contributed by atoms with van der Waals surface area (Å²) in [6, 6.07) is 10.2. The molecule has 0 spiro atoms. The van der Waals surface area contributed by atoms with Gasteiger partial charge >= 0.3 is 6.03 Å². The smallest absolute Gasteiger partial charge is 0.315 e. The van der Waals surface area contributed by atoms with Gasteiger partial charge in [0, 0.05) is 25.2 Å². The molecule has 0 unspecified atom stereocenters. The van der Waals surface area contributed by atoms with Crippen LogP contribution < -0.4 is 10.6 Å². The summed E-state index contributed by atoms with van der Waals surface area (Å²) < 4.78 is 24.7. The molecule has 1 aromatic carbocycles. The molecule has 0 radical (unpaired) electrons. The number of aryl methyl sites for hydroxylation is 1. The number of hydrogen-bond acceptors (Lipinski definition) is 2. The maximum absolute atomic E-state index is 12.3. The van der Waals surface area contributed by atoms with Crippen LogP contribution in [0.2, 0.25) is 0 Å². The van der Waals surface area contributed by atoms with Gasteiger partial charge in [-0.15, -0.1) is 0 Å². The Labute approximate surface area is 142 Å². The van der Waals surface area contributed by atoms with Gasteiger partial charge in [0.15, 0.2) is 0 Å². The molecule has 1 aliphatic heterocycles. The number of nitrogens with zero attached hydrogens (tertiary/aromatic N) is 1. The van der Waals surface area contributed by atoms with Crippen molar-refractivity contribution >= 4 is 6.03 Å². The molecule has 0 bridgehead atoms. The minimum absolute atomic E-state index is 0.0697. The van der Waals surface area contributed by atoms with Crippen LogP contribution in [-0.2, 0) is 6.42 Å². The van der Waals surface area contributed by atoms with E-state index in [2.05, 4.69) is 22.8 Å². The van der Waals surface area contributed by atoms with Crippen LogP contribution in [0.5, 0.6) is 0 Å². The van der Waals surface area contributed by atoms with E-state index >= 15 is 0 Å². The van der Waals surface area contributed by atoms with Crippen molar-refractivity contribution in [2.24, 2.45) is 0 Å². The number of alkyl halides is 2. The zero-order valence-corrected chi connectivity index (χ0v) is 14.2. The molecular weight excluding hydrogens is 312 g/mol. The van der Waals surface area contributed by atoms with Crippen molar-refractivity contribution in [3.8, 4) is 0 Å². The molecule has 0 saturated carbocycles. The number of hydrogen-bond donors (Lipinski definition) is 2. The summed E-state index contributed by atoms with van der Waals surface area (Å²) in [6.45, 7) is 3.04. The third kappa shape index (κ3) is 6.83. The van der Waals surface area contributed by atoms with Crippen LogP contribution >= 0.6 is 0 Å². The van der Waals surface area contributed by atoms with Gasteiger partial charge in [0.1, 0.15) is 0 Å². The van der Waals surface area contributed by atoms with Crippen LogP contribution in [0.4, 0.5) is 13.6 Å². The van der Waals surface area contributed by atoms with Gasteiger partial charge in [-0.25, -0.2) is 13.6 Å². The molecule has 2 N–H and O–H groups in total. The van der Waals surface area contributed by atoms with Crippen molar-refractivity contribution in [1.29, 1.82) is 0 Å². The molecule has 4 nitrogen and oxygen atoms in total. The highest BCUT2D eigenvalue weighted by Crippen LogP contribution is 2.12. The van der Waals surface area contributed by atoms with Crippen LogP contribution in [0.1, 0.15) is 31.7 Å². The Morgan fingerprint density at radius 2 is 1.92 bits per heavy atom. The maximum Gasteiger partial charge on any atom is 0.315 e. The van der Waals surface area contributed by atoms with Crippen molar-refractivity contribution in [3.63, 3.8) is 0 Å². The zero-order valence-electron chi connectivity index (χ0n) is 14.2. The maximum atomic E-state index is 12.3. The van der Waals surface area contributed by atoms with E-state index in [9.17, 15) is 13.6 Å². The molecule has 1 atom stereocenters. The van der Waals surface area contributed by atoms with E-state index in [1.165, 1.54) is 5.56 Å². The number of carbonyl (C=O) groups is 1. The largest absolute Gasteiger partial charge is 0.336 e. The van der Waals surface area contributed by atoms with Crippen molar-refractivity contribution in [1.82, 2.24) is 15.5 Å². The lowest BCUT2D eigenvalue weighted by molar-refractivity contribution is 0.0736. The molecule has 1 saturated heterocycles. The van der Waals surface area contributed by atoms with Crippen LogP contribution in [-0.4, -0.2) is 49.1 Å². The topological polar surface area (TPSA) is 44.4 Å². The van der Waals surface area contributed by atoms with Crippen LogP contribution in [0, 0.1) is 0 Å². The second-order valence-electron chi connectivity index (χ2n) is 6.51. The van der Waals surface area contributed by atoms with E-state index in [0.29, 0.717) is 13.1 Å². The molecule has 134 valence electrons. The highest BCUT2D eigenvalue weighted by atomic mass is 19.3. The van der Waals surface area contributed by atoms with Gasteiger partial charge in [-0.3, -0.25) is 4.90 Å². The summed E-state index contributed by atoms with van der Waals surface area (Å²) in [6.07, 6.45) is 0.957. The van der Waals surface area contributed by atoms with Crippen molar-refractivity contribution in [2.75, 3.05) is 19.6 Å². The number of amides is 2. The van der Waals surface area contributed by atoms with Gasteiger partial charge in [0.05, 0.1) is 6.54 Å². The van der Waals surface area contributed by atoms with Gasteiger partial charge in [0.25, 0.3) is 6.43 Å². The van der Waals surface area contributed by atoms with Crippen molar-refractivity contribution in [3.05, 3.63) is 35.9 Å². The predicted molar refractivity (Wildman–Crippen MR) is 91.4 cm³/mol. The second-order valence-corrected chi connectivity index (χ2v) is 6.51. The molecule has 6 heteroatoms. The third-order valence-corrected chi connectivity index (χ3v) is 4.41. The number of nitrogens with one attached hydrogen (secondary N) is 2. The van der Waals surface area contributed by atoms with E-state index in [4.69, 9.17) is 0 Å². The first-order chi connectivity index (χ1) is 11.5. The quantitative estimate of drug-likeness (QED) is 0.802. The molecule has 0 aromatic heterocycles. The standard InChI is InChI=1S/C18H27F2N3O/c1-14(7-8-15-5-3-2-4-6-15)21-18(24)22-16-9-11-23(12-10-16)13-17(19)20/h2-6,14,16-17H,7-13H2,1H3,(H2,21,22,24)/t14-/m1/s1. The summed E-state index contributed by atoms with van der Waals surface area (Å²) in [5.41, 5.74) is 1.26. The normalized spacial score (nSPS) is 17.7. The summed E-state index contributed by atoms with van der Waals surface area (Å²) >= 11 is 0. The molecule has 2 amide bonds. The Kier molecular flexibility index (Phi) is 7.43. The molecule has 1 aliphatic rings. The zero-order chi connectivity index (χ0) is 17.4. The van der Waals surface area contributed by atoms with Gasteiger partial charge < -0.3 is 10.6 Å². The fourth-order valence-corrected chi connectivity index (χ4v) is 3.01. The molecule has 24 heavy (non-hydrogen) atoms. The first kappa shape index (κ1) is 18.6. The number of urea groups is 1. The average Bonchev–Trinajstić information content (AvgIpc) is 2.55. The Morgan fingerprint density at radius 3 is 2.54 bits per heavy atom. The number of benzene rings is 1. The van der Waals surface area contributed by atoms with Gasteiger partial charge in [-0.1, -0.05) is 30.3 Å². The number of carbonyl (C=O) groups excluding carboxylic acids is 1. The Balaban J connectivity index is 1.62. The van der Waals surface area contributed by atoms with E-state index < -0.39 is 6.43 Å². The highest BCUT2D eigenvalue weighted by molar-refractivity contribution is 5.74. The Morgan fingerprint density at radius 1 is 1.25 bits per heavy atom. The minimum Gasteiger partial charge on any atom is -0.336 e. The van der Waals surface area contributed by atoms with E-state index in [-0.39, 0.29) is 24.7 Å². The van der Waals surface area contributed by atoms with E-state index in [1.807, 2.05) is 25.1 Å². The lowest BCUT2D eigenvalue weighted by atomic mass is 10.1. The molecular formula is C18H27F2N3O. The van der Waals surface area contributed by atoms with Crippen molar-refractivity contribution < 1.29 is 13.6 Å². The van der Waals surface area contributed by atoms with Crippen LogP contribution in [0.3, 0.4) is 0 Å². The third-order valence-electron chi connectivity index (χ3n) is 4.41. The SMILES string of the molecule is C[C@H](CCc1ccccc1)NC(=O)NC1CCN(CC(F)F)CC1. The molecule has 1 aromatic rings. The summed E-state index contributed by atoms with van der Waals surface area (Å²) in [7, 11) is 0. The summed E-state index contributed by atoms with van der Waals surface area (Å²) in [5.74, 6) is 0. The number of likely N-dealkylation sites (tertiary alicyclic amines) is 1. The summed E-state index contributed by atoms with van der Waals surface area (Å²) in [5, 5.41) is 5.91. The number of rotatable bonds is 7. The Hall–Kier alpha value is -1.69. The molecule has 1 heterocycles. The van der Waals surface area contributed by atoms with Crippen molar-refractivity contribution in [2.45, 2.75) is 51.1 Å². The van der Waals surface area contributed by atoms with Crippen LogP contribution in [0.25, 0.3) is 0 Å². The van der Waals surface area contributed by atoms with E-state index in [1.54, 1.807) is 4.90 Å². The second kappa shape index (κ2) is 9.57. The number of piperidine rings is 1. The van der Waals surface area contributed by atoms with Gasteiger partial charge in [0.2, 0.25) is 0 Å². The lowest BCUT2D eigenvalue weighted by Gasteiger charge is -2.32. The monoisotopic (exact) mass is 339 g/mol. The average molecular weight is 339 g/mol. The van der Waals surface area contributed by atoms with Crippen LogP contribution in [0.15, 0.2) is 30.3 Å². The number of halogens is 2. The Bertz CT molecular complexity index is 490. The molecule has 1 fully saturated rings. The molecule has 0 aliphatic carbocycles. The fraction of sp³-hybridized carbons (Fsp3) is 0.611. The van der Waals surface area contributed by atoms with Gasteiger partial charge in [-0.05, 0) is 38.2 Å². The highest BCUT2D eigenvalue weighted by Gasteiger charge is 2.22. The first-order valence-electron chi connectivity index (χ1n) is 8.64. The first-order valence-corrected chi connectivity index (χ1v) is 8.64. The lowest BCUT2D eigenvalue weighted by Crippen LogP contribution is -2.50. The van der Waals surface area contributed by atoms with Gasteiger partial charge in [-0.2, -0.15) is 0 Å².